The number of carboxylic acid groups (broad SMARTS) is 3. The molecule has 6 N–H and O–H groups in total. The van der Waals surface area contributed by atoms with Crippen LogP contribution in [0.3, 0.4) is 0 Å². The summed E-state index contributed by atoms with van der Waals surface area (Å²) in [5, 5.41) is 28.4. The summed E-state index contributed by atoms with van der Waals surface area (Å²) in [7, 11) is 0. The van der Waals surface area contributed by atoms with Crippen molar-refractivity contribution < 1.29 is 34.5 Å². The predicted molar refractivity (Wildman–Crippen MR) is 78.5 cm³/mol. The maximum atomic E-state index is 11.7. The fraction of sp³-hybridized carbons (Fsp3) is 0.667. The van der Waals surface area contributed by atoms with Crippen LogP contribution >= 0.6 is 11.8 Å². The summed E-state index contributed by atoms with van der Waals surface area (Å²) in [6.45, 7) is 1.49. The van der Waals surface area contributed by atoms with Crippen LogP contribution in [0.15, 0.2) is 0 Å². The number of carbonyl (C=O) groups excluding carboxylic acids is 1. The van der Waals surface area contributed by atoms with Crippen molar-refractivity contribution in [1.82, 2.24) is 5.32 Å². The molecule has 10 heteroatoms. The predicted octanol–water partition coefficient (Wildman–Crippen LogP) is -0.798. The number of thioether (sulfide) groups is 1. The zero-order valence-corrected chi connectivity index (χ0v) is 12.8. The van der Waals surface area contributed by atoms with Crippen molar-refractivity contribution in [2.45, 2.75) is 31.8 Å². The van der Waals surface area contributed by atoms with Crippen LogP contribution in [0.25, 0.3) is 0 Å². The summed E-state index contributed by atoms with van der Waals surface area (Å²) in [6.07, 6.45) is -0.395. The maximum Gasteiger partial charge on any atom is 0.327 e. The van der Waals surface area contributed by atoms with E-state index in [1.807, 2.05) is 0 Å². The van der Waals surface area contributed by atoms with Crippen molar-refractivity contribution in [3.63, 3.8) is 0 Å². The third-order valence-electron chi connectivity index (χ3n) is 2.69. The van der Waals surface area contributed by atoms with Gasteiger partial charge in [0.25, 0.3) is 0 Å². The fourth-order valence-corrected chi connectivity index (χ4v) is 2.39. The van der Waals surface area contributed by atoms with Gasteiger partial charge in [0.15, 0.2) is 0 Å². The van der Waals surface area contributed by atoms with Crippen LogP contribution in [0.5, 0.6) is 0 Å². The lowest BCUT2D eigenvalue weighted by atomic mass is 10.1. The summed E-state index contributed by atoms with van der Waals surface area (Å²) in [5.41, 5.74) is 5.48. The van der Waals surface area contributed by atoms with E-state index in [2.05, 4.69) is 5.32 Å². The zero-order valence-electron chi connectivity index (χ0n) is 12.0. The van der Waals surface area contributed by atoms with Crippen molar-refractivity contribution in [1.29, 1.82) is 0 Å². The van der Waals surface area contributed by atoms with Gasteiger partial charge in [-0.2, -0.15) is 11.8 Å². The van der Waals surface area contributed by atoms with Crippen LogP contribution in [0.1, 0.15) is 19.8 Å². The quantitative estimate of drug-likeness (QED) is 0.324. The van der Waals surface area contributed by atoms with E-state index in [9.17, 15) is 19.2 Å². The molecule has 3 atom stereocenters. The van der Waals surface area contributed by atoms with Crippen LogP contribution in [0, 0.1) is 5.92 Å². The highest BCUT2D eigenvalue weighted by atomic mass is 32.2. The van der Waals surface area contributed by atoms with Gasteiger partial charge in [-0.1, -0.05) is 6.92 Å². The molecule has 0 aromatic heterocycles. The second-order valence-electron chi connectivity index (χ2n) is 4.72. The second-order valence-corrected chi connectivity index (χ2v) is 5.79. The number of hydrogen-bond donors (Lipinski definition) is 5. The lowest BCUT2D eigenvalue weighted by molar-refractivity contribution is -0.141. The molecular weight excluding hydrogens is 316 g/mol. The Bertz CT molecular complexity index is 430. The highest BCUT2D eigenvalue weighted by Crippen LogP contribution is 2.10. The molecule has 0 rings (SSSR count). The highest BCUT2D eigenvalue weighted by Gasteiger charge is 2.24. The van der Waals surface area contributed by atoms with Crippen LogP contribution in [0.2, 0.25) is 0 Å². The first-order valence-electron chi connectivity index (χ1n) is 6.46. The van der Waals surface area contributed by atoms with Crippen LogP contribution < -0.4 is 11.1 Å². The molecule has 126 valence electrons. The molecule has 1 amide bonds. The van der Waals surface area contributed by atoms with Gasteiger partial charge in [0.1, 0.15) is 6.04 Å². The Hall–Kier alpha value is -1.81. The van der Waals surface area contributed by atoms with Crippen molar-refractivity contribution >= 4 is 35.6 Å². The molecule has 22 heavy (non-hydrogen) atoms. The Morgan fingerprint density at radius 2 is 1.68 bits per heavy atom. The molecule has 0 saturated heterocycles. The monoisotopic (exact) mass is 336 g/mol. The van der Waals surface area contributed by atoms with Crippen molar-refractivity contribution in [3.8, 4) is 0 Å². The van der Waals surface area contributed by atoms with Crippen molar-refractivity contribution in [3.05, 3.63) is 0 Å². The summed E-state index contributed by atoms with van der Waals surface area (Å²) < 4.78 is 0. The molecule has 0 aromatic rings. The minimum absolute atomic E-state index is 0.00958. The van der Waals surface area contributed by atoms with Crippen molar-refractivity contribution in [2.24, 2.45) is 11.7 Å². The first-order valence-corrected chi connectivity index (χ1v) is 7.61. The molecule has 0 aliphatic carbocycles. The number of amides is 1. The maximum absolute atomic E-state index is 11.7. The minimum Gasteiger partial charge on any atom is -0.481 e. The second kappa shape index (κ2) is 10.0. The fourth-order valence-electron chi connectivity index (χ4n) is 1.30. The van der Waals surface area contributed by atoms with Crippen LogP contribution in [-0.4, -0.2) is 62.7 Å². The average Bonchev–Trinajstić information content (AvgIpc) is 2.42. The van der Waals surface area contributed by atoms with Gasteiger partial charge in [-0.05, 0) is 6.42 Å². The SMILES string of the molecule is CC(CSC[C@H](NC(=O)[C@@H](N)CCC(=O)O)C(=O)O)C(=O)O. The van der Waals surface area contributed by atoms with Gasteiger partial charge >= 0.3 is 17.9 Å². The van der Waals surface area contributed by atoms with E-state index in [0.717, 1.165) is 11.8 Å². The van der Waals surface area contributed by atoms with Gasteiger partial charge in [-0.3, -0.25) is 14.4 Å². The Labute approximate surface area is 131 Å². The highest BCUT2D eigenvalue weighted by molar-refractivity contribution is 7.99. The molecule has 9 nitrogen and oxygen atoms in total. The zero-order chi connectivity index (χ0) is 17.3. The van der Waals surface area contributed by atoms with Gasteiger partial charge in [-0.25, -0.2) is 4.79 Å². The largest absolute Gasteiger partial charge is 0.481 e. The Balaban J connectivity index is 4.34. The summed E-state index contributed by atoms with van der Waals surface area (Å²) in [4.78, 5) is 43.8. The third-order valence-corrected chi connectivity index (χ3v) is 4.00. The van der Waals surface area contributed by atoms with Gasteiger partial charge in [0.05, 0.1) is 12.0 Å². The van der Waals surface area contributed by atoms with E-state index in [-0.39, 0.29) is 24.3 Å². The number of carbonyl (C=O) groups is 4. The van der Waals surface area contributed by atoms with Gasteiger partial charge in [0.2, 0.25) is 5.91 Å². The first kappa shape index (κ1) is 20.2. The third kappa shape index (κ3) is 8.47. The summed E-state index contributed by atoms with van der Waals surface area (Å²) in [5.74, 6) is -4.54. The molecule has 0 aliphatic heterocycles. The van der Waals surface area contributed by atoms with E-state index in [1.54, 1.807) is 0 Å². The van der Waals surface area contributed by atoms with Crippen LogP contribution in [0.4, 0.5) is 0 Å². The molecule has 0 aromatic carbocycles. The molecule has 0 radical (unpaired) electrons. The molecule has 0 aliphatic rings. The number of rotatable bonds is 11. The smallest absolute Gasteiger partial charge is 0.327 e. The Kier molecular flexibility index (Phi) is 9.18. The van der Waals surface area contributed by atoms with Crippen molar-refractivity contribution in [2.75, 3.05) is 11.5 Å². The van der Waals surface area contributed by atoms with Crippen LogP contribution in [-0.2, 0) is 19.2 Å². The average molecular weight is 336 g/mol. The summed E-state index contributed by atoms with van der Waals surface area (Å²) >= 11 is 1.09. The van der Waals surface area contributed by atoms with E-state index >= 15 is 0 Å². The molecule has 1 unspecified atom stereocenters. The molecule has 0 saturated carbocycles. The number of carboxylic acids is 3. The van der Waals surface area contributed by atoms with Gasteiger partial charge in [0, 0.05) is 17.9 Å². The lowest BCUT2D eigenvalue weighted by Crippen LogP contribution is -2.49. The number of nitrogens with two attached hydrogens (primary N) is 1. The topological polar surface area (TPSA) is 167 Å². The minimum atomic E-state index is -1.27. The molecule has 0 heterocycles. The number of aliphatic carboxylic acids is 3. The van der Waals surface area contributed by atoms with E-state index in [1.165, 1.54) is 6.92 Å². The number of hydrogen-bond acceptors (Lipinski definition) is 6. The lowest BCUT2D eigenvalue weighted by Gasteiger charge is -2.17. The van der Waals surface area contributed by atoms with E-state index in [4.69, 9.17) is 21.1 Å². The van der Waals surface area contributed by atoms with E-state index < -0.39 is 41.8 Å². The Morgan fingerprint density at radius 1 is 1.09 bits per heavy atom. The first-order chi connectivity index (χ1) is 10.1. The molecule has 0 fully saturated rings. The molecule has 0 spiro atoms. The number of nitrogens with one attached hydrogen (secondary N) is 1. The Morgan fingerprint density at radius 3 is 2.14 bits per heavy atom. The molecular formula is C12H20N2O7S. The van der Waals surface area contributed by atoms with Gasteiger partial charge < -0.3 is 26.4 Å². The van der Waals surface area contributed by atoms with E-state index in [0.29, 0.717) is 0 Å². The molecule has 0 bridgehead atoms. The van der Waals surface area contributed by atoms with Gasteiger partial charge in [-0.15, -0.1) is 0 Å². The summed E-state index contributed by atoms with van der Waals surface area (Å²) in [6, 6.07) is -2.32. The standard InChI is InChI=1S/C12H20N2O7S/c1-6(11(18)19)4-22-5-8(12(20)21)14-10(17)7(13)2-3-9(15)16/h6-8H,2-5,13H2,1H3,(H,14,17)(H,15,16)(H,18,19)(H,20,21)/t6?,7-,8-/m0/s1. The normalized spacial score (nSPS) is 14.6.